The number of hydrogen-bond acceptors (Lipinski definition) is 5. The minimum Gasteiger partial charge on any atom is -0.495 e. The van der Waals surface area contributed by atoms with Gasteiger partial charge in [-0.15, -0.1) is 11.3 Å². The molecule has 5 nitrogen and oxygen atoms in total. The third-order valence-corrected chi connectivity index (χ3v) is 4.10. The summed E-state index contributed by atoms with van der Waals surface area (Å²) in [5.41, 5.74) is 6.50. The highest BCUT2D eigenvalue weighted by Gasteiger charge is 2.10. The molecule has 1 aromatic carbocycles. The number of benzene rings is 1. The number of anilines is 1. The highest BCUT2D eigenvalue weighted by atomic mass is 35.5. The molecule has 0 atom stereocenters. The number of carbonyl (C=O) groups excluding carboxylic acids is 1. The van der Waals surface area contributed by atoms with Gasteiger partial charge in [0.1, 0.15) is 11.5 Å². The number of hydrogen-bond donors (Lipinski definition) is 2. The second-order valence-corrected chi connectivity index (χ2v) is 5.61. The van der Waals surface area contributed by atoms with E-state index in [1.807, 2.05) is 0 Å². The number of primary amides is 1. The molecule has 21 heavy (non-hydrogen) atoms. The molecular weight excluding hydrogens is 312 g/mol. The minimum absolute atomic E-state index is 0.428. The summed E-state index contributed by atoms with van der Waals surface area (Å²) in [6.45, 7) is 0.541. The van der Waals surface area contributed by atoms with E-state index in [1.165, 1.54) is 11.3 Å². The maximum Gasteiger partial charge on any atom is 0.249 e. The normalized spacial score (nSPS) is 10.2. The lowest BCUT2D eigenvalue weighted by atomic mass is 10.2. The van der Waals surface area contributed by atoms with Crippen LogP contribution in [0.3, 0.4) is 0 Å². The Hall–Kier alpha value is -1.92. The van der Waals surface area contributed by atoms with Crippen molar-refractivity contribution in [3.63, 3.8) is 0 Å². The fraction of sp³-hybridized carbons (Fsp3) is 0.214. The van der Waals surface area contributed by atoms with Crippen molar-refractivity contribution in [2.45, 2.75) is 6.54 Å². The molecule has 0 saturated heterocycles. The Morgan fingerprint density at radius 1 is 1.29 bits per heavy atom. The Balaban J connectivity index is 2.16. The Kier molecular flexibility index (Phi) is 4.93. The van der Waals surface area contributed by atoms with Crippen molar-refractivity contribution in [1.82, 2.24) is 0 Å². The molecule has 0 aliphatic rings. The Bertz CT molecular complexity index is 658. The van der Waals surface area contributed by atoms with E-state index < -0.39 is 5.91 Å². The van der Waals surface area contributed by atoms with E-state index in [4.69, 9.17) is 26.8 Å². The molecule has 0 aliphatic heterocycles. The van der Waals surface area contributed by atoms with Gasteiger partial charge in [0, 0.05) is 28.9 Å². The summed E-state index contributed by atoms with van der Waals surface area (Å²) in [5.74, 6) is 0.750. The summed E-state index contributed by atoms with van der Waals surface area (Å²) in [6, 6.07) is 5.22. The second kappa shape index (κ2) is 6.69. The molecule has 1 aromatic heterocycles. The van der Waals surface area contributed by atoms with Gasteiger partial charge in [-0.2, -0.15) is 0 Å². The van der Waals surface area contributed by atoms with Crippen molar-refractivity contribution >= 4 is 34.5 Å². The number of thiophene rings is 1. The van der Waals surface area contributed by atoms with Crippen LogP contribution in [0.4, 0.5) is 5.69 Å². The largest absolute Gasteiger partial charge is 0.495 e. The Morgan fingerprint density at radius 2 is 2.00 bits per heavy atom. The maximum atomic E-state index is 11.1. The number of rotatable bonds is 6. The molecular formula is C14H15ClN2O3S. The summed E-state index contributed by atoms with van der Waals surface area (Å²) >= 11 is 7.52. The van der Waals surface area contributed by atoms with E-state index >= 15 is 0 Å². The topological polar surface area (TPSA) is 73.6 Å². The van der Waals surface area contributed by atoms with Gasteiger partial charge in [0.15, 0.2) is 0 Å². The third-order valence-electron chi connectivity index (χ3n) is 2.87. The lowest BCUT2D eigenvalue weighted by molar-refractivity contribution is 0.100. The zero-order valence-corrected chi connectivity index (χ0v) is 13.2. The first-order valence-electron chi connectivity index (χ1n) is 6.07. The van der Waals surface area contributed by atoms with Crippen molar-refractivity contribution < 1.29 is 14.3 Å². The maximum absolute atomic E-state index is 11.1. The molecule has 0 saturated carbocycles. The van der Waals surface area contributed by atoms with Crippen molar-refractivity contribution in [3.05, 3.63) is 39.0 Å². The van der Waals surface area contributed by atoms with E-state index in [-0.39, 0.29) is 0 Å². The first-order chi connectivity index (χ1) is 10.0. The fourth-order valence-corrected chi connectivity index (χ4v) is 2.83. The van der Waals surface area contributed by atoms with Crippen LogP contribution in [0.5, 0.6) is 11.5 Å². The van der Waals surface area contributed by atoms with Gasteiger partial charge < -0.3 is 20.5 Å². The van der Waals surface area contributed by atoms with Gasteiger partial charge in [-0.3, -0.25) is 4.79 Å². The fourth-order valence-electron chi connectivity index (χ4n) is 1.78. The highest BCUT2D eigenvalue weighted by Crippen LogP contribution is 2.36. The molecule has 1 amide bonds. The van der Waals surface area contributed by atoms with Crippen LogP contribution in [0.2, 0.25) is 5.02 Å². The van der Waals surface area contributed by atoms with E-state index in [0.29, 0.717) is 28.6 Å². The molecule has 0 bridgehead atoms. The summed E-state index contributed by atoms with van der Waals surface area (Å²) in [5, 5.41) is 5.44. The summed E-state index contributed by atoms with van der Waals surface area (Å²) in [6.07, 6.45) is 0. The van der Waals surface area contributed by atoms with Gasteiger partial charge in [0.05, 0.1) is 30.5 Å². The van der Waals surface area contributed by atoms with Crippen LogP contribution in [-0.4, -0.2) is 20.1 Å². The first kappa shape index (κ1) is 15.5. The zero-order valence-electron chi connectivity index (χ0n) is 11.6. The molecule has 0 spiro atoms. The van der Waals surface area contributed by atoms with Crippen molar-refractivity contribution in [1.29, 1.82) is 0 Å². The van der Waals surface area contributed by atoms with Crippen LogP contribution >= 0.6 is 22.9 Å². The number of carbonyl (C=O) groups is 1. The van der Waals surface area contributed by atoms with Crippen molar-refractivity contribution in [3.8, 4) is 11.5 Å². The standard InChI is InChI=1S/C14H15ClN2O3S/c1-19-12-5-11(13(20-2)4-10(12)15)17-6-9-3-8(7-21-9)14(16)18/h3-5,7,17H,6H2,1-2H3,(H2,16,18). The second-order valence-electron chi connectivity index (χ2n) is 4.21. The highest BCUT2D eigenvalue weighted by molar-refractivity contribution is 7.10. The molecule has 0 radical (unpaired) electrons. The number of amides is 1. The van der Waals surface area contributed by atoms with Crippen molar-refractivity contribution in [2.24, 2.45) is 5.73 Å². The van der Waals surface area contributed by atoms with E-state index in [1.54, 1.807) is 37.8 Å². The van der Waals surface area contributed by atoms with Gasteiger partial charge in [0.2, 0.25) is 5.91 Å². The van der Waals surface area contributed by atoms with E-state index in [0.717, 1.165) is 10.6 Å². The SMILES string of the molecule is COc1cc(NCc2cc(C(N)=O)cs2)c(OC)cc1Cl. The van der Waals surface area contributed by atoms with Crippen LogP contribution in [0, 0.1) is 0 Å². The molecule has 2 rings (SSSR count). The number of nitrogens with one attached hydrogen (secondary N) is 1. The number of ether oxygens (including phenoxy) is 2. The predicted molar refractivity (Wildman–Crippen MR) is 84.7 cm³/mol. The monoisotopic (exact) mass is 326 g/mol. The van der Waals surface area contributed by atoms with Gasteiger partial charge >= 0.3 is 0 Å². The van der Waals surface area contributed by atoms with E-state index in [2.05, 4.69) is 5.32 Å². The molecule has 2 aromatic rings. The molecule has 3 N–H and O–H groups in total. The number of halogens is 1. The summed E-state index contributed by atoms with van der Waals surface area (Å²) in [4.78, 5) is 12.1. The first-order valence-corrected chi connectivity index (χ1v) is 7.33. The summed E-state index contributed by atoms with van der Waals surface area (Å²) < 4.78 is 10.5. The average molecular weight is 327 g/mol. The average Bonchev–Trinajstić information content (AvgIpc) is 2.94. The van der Waals surface area contributed by atoms with Gasteiger partial charge in [-0.1, -0.05) is 11.6 Å². The summed E-state index contributed by atoms with van der Waals surface area (Å²) in [7, 11) is 3.12. The van der Waals surface area contributed by atoms with Crippen LogP contribution in [0.15, 0.2) is 23.6 Å². The minimum atomic E-state index is -0.428. The van der Waals surface area contributed by atoms with Gasteiger partial charge in [0.25, 0.3) is 0 Å². The quantitative estimate of drug-likeness (QED) is 0.855. The molecule has 0 fully saturated rings. The number of nitrogens with two attached hydrogens (primary N) is 1. The van der Waals surface area contributed by atoms with Crippen LogP contribution in [0.1, 0.15) is 15.2 Å². The lowest BCUT2D eigenvalue weighted by Gasteiger charge is -2.13. The van der Waals surface area contributed by atoms with Crippen molar-refractivity contribution in [2.75, 3.05) is 19.5 Å². The molecule has 0 aliphatic carbocycles. The van der Waals surface area contributed by atoms with Gasteiger partial charge in [-0.05, 0) is 6.07 Å². The lowest BCUT2D eigenvalue weighted by Crippen LogP contribution is -2.09. The zero-order chi connectivity index (χ0) is 15.4. The molecule has 7 heteroatoms. The number of methoxy groups -OCH3 is 2. The van der Waals surface area contributed by atoms with Crippen LogP contribution < -0.4 is 20.5 Å². The van der Waals surface area contributed by atoms with Crippen LogP contribution in [-0.2, 0) is 6.54 Å². The molecule has 112 valence electrons. The van der Waals surface area contributed by atoms with Gasteiger partial charge in [-0.25, -0.2) is 0 Å². The third kappa shape index (κ3) is 3.59. The molecule has 0 unspecified atom stereocenters. The predicted octanol–water partition coefficient (Wildman–Crippen LogP) is 3.13. The Morgan fingerprint density at radius 3 is 2.57 bits per heavy atom. The van der Waals surface area contributed by atoms with E-state index in [9.17, 15) is 4.79 Å². The van der Waals surface area contributed by atoms with Crippen LogP contribution in [0.25, 0.3) is 0 Å². The molecule has 1 heterocycles. The smallest absolute Gasteiger partial charge is 0.249 e. The Labute approximate surface area is 131 Å².